The molecule has 1 saturated heterocycles. The zero-order valence-electron chi connectivity index (χ0n) is 26.6. The number of nitrogens with zero attached hydrogens (tertiary/aromatic N) is 4. The first-order valence-electron chi connectivity index (χ1n) is 15.0. The average molecular weight is 634 g/mol. The van der Waals surface area contributed by atoms with Crippen molar-refractivity contribution in [1.29, 1.82) is 5.41 Å². The highest BCUT2D eigenvalue weighted by atomic mass is 35.5. The largest absolute Gasteiger partial charge is 0.398 e. The number of carbonyl (C=O) groups excluding carboxylic acids is 1. The summed E-state index contributed by atoms with van der Waals surface area (Å²) in [5.74, 6) is 0. The molecule has 5 N–H and O–H groups in total. The second-order valence-electron chi connectivity index (χ2n) is 11.9. The molecule has 1 aliphatic carbocycles. The molecule has 10 nitrogen and oxygen atoms in total. The maximum atomic E-state index is 9.06. The molecule has 1 spiro atoms. The highest BCUT2D eigenvalue weighted by molar-refractivity contribution is 6.35. The molecule has 240 valence electrons. The van der Waals surface area contributed by atoms with Crippen LogP contribution in [-0.2, 0) is 14.3 Å². The number of nitrogen functional groups attached to an aromatic ring is 2. The number of halogens is 1. The van der Waals surface area contributed by atoms with Crippen molar-refractivity contribution in [2.75, 3.05) is 65.1 Å². The van der Waals surface area contributed by atoms with Crippen LogP contribution in [0, 0.1) is 24.7 Å². The van der Waals surface area contributed by atoms with Gasteiger partial charge in [-0.3, -0.25) is 14.5 Å². The van der Waals surface area contributed by atoms with Crippen LogP contribution in [0.4, 0.5) is 11.4 Å². The average Bonchev–Trinajstić information content (AvgIpc) is 3.32. The summed E-state index contributed by atoms with van der Waals surface area (Å²) in [6.45, 7) is 11.5. The van der Waals surface area contributed by atoms with Gasteiger partial charge in [-0.25, -0.2) is 0 Å². The molecule has 0 bridgehead atoms. The minimum atomic E-state index is 0.313. The zero-order valence-corrected chi connectivity index (χ0v) is 27.4. The summed E-state index contributed by atoms with van der Waals surface area (Å²) in [5, 5.41) is 14.0. The van der Waals surface area contributed by atoms with Crippen LogP contribution < -0.4 is 11.5 Å². The SMILES string of the molecule is C=CC=O.COCCOCCN=Cc1cc(-c2nn(C3CC4(C3)CN(C)C4)c(C)c2-c2c(Cl)c(C)cc(N)c2C=N)ccc1N. The summed E-state index contributed by atoms with van der Waals surface area (Å²) in [6, 6.07) is 8.02. The van der Waals surface area contributed by atoms with Gasteiger partial charge in [0, 0.05) is 77.5 Å². The molecule has 2 aliphatic rings. The second-order valence-corrected chi connectivity index (χ2v) is 12.3. The molecule has 0 atom stereocenters. The zero-order chi connectivity index (χ0) is 32.7. The molecule has 45 heavy (non-hydrogen) atoms. The molecule has 0 amide bonds. The fraction of sp³-hybridized carbons (Fsp3) is 0.412. The van der Waals surface area contributed by atoms with Gasteiger partial charge in [0.15, 0.2) is 0 Å². The van der Waals surface area contributed by atoms with Gasteiger partial charge in [0.05, 0.1) is 37.4 Å². The fourth-order valence-electron chi connectivity index (χ4n) is 6.44. The summed E-state index contributed by atoms with van der Waals surface area (Å²) in [6.07, 6.45) is 7.11. The lowest BCUT2D eigenvalue weighted by atomic mass is 9.61. The van der Waals surface area contributed by atoms with Gasteiger partial charge in [0.25, 0.3) is 0 Å². The Morgan fingerprint density at radius 3 is 2.49 bits per heavy atom. The highest BCUT2D eigenvalue weighted by Gasteiger charge is 2.52. The normalized spacial score (nSPS) is 15.8. The van der Waals surface area contributed by atoms with Crippen LogP contribution in [0.5, 0.6) is 0 Å². The third kappa shape index (κ3) is 7.36. The molecular weight excluding hydrogens is 590 g/mol. The Morgan fingerprint density at radius 1 is 1.16 bits per heavy atom. The molecule has 0 radical (unpaired) electrons. The molecule has 0 unspecified atom stereocenters. The van der Waals surface area contributed by atoms with E-state index in [-0.39, 0.29) is 0 Å². The number of aldehydes is 1. The number of methoxy groups -OCH3 is 1. The van der Waals surface area contributed by atoms with E-state index < -0.39 is 0 Å². The topological polar surface area (TPSA) is 145 Å². The molecule has 2 heterocycles. The van der Waals surface area contributed by atoms with Crippen molar-refractivity contribution in [3.63, 3.8) is 0 Å². The number of likely N-dealkylation sites (tertiary alicyclic amines) is 1. The molecule has 1 aliphatic heterocycles. The maximum absolute atomic E-state index is 9.06. The summed E-state index contributed by atoms with van der Waals surface area (Å²) < 4.78 is 12.7. The number of hydrogen-bond acceptors (Lipinski definition) is 9. The minimum Gasteiger partial charge on any atom is -0.398 e. The smallest absolute Gasteiger partial charge is 0.142 e. The van der Waals surface area contributed by atoms with Crippen molar-refractivity contribution >= 4 is 41.7 Å². The van der Waals surface area contributed by atoms with E-state index in [2.05, 4.69) is 35.1 Å². The van der Waals surface area contributed by atoms with Gasteiger partial charge in [0.2, 0.25) is 0 Å². The number of aromatic nitrogens is 2. The number of ether oxygens (including phenoxy) is 2. The summed E-state index contributed by atoms with van der Waals surface area (Å²) in [4.78, 5) is 16.0. The Balaban J connectivity index is 0.00000109. The lowest BCUT2D eigenvalue weighted by Crippen LogP contribution is -2.60. The van der Waals surface area contributed by atoms with Crippen LogP contribution in [0.1, 0.15) is 41.3 Å². The van der Waals surface area contributed by atoms with E-state index in [1.54, 1.807) is 13.3 Å². The number of rotatable bonds is 12. The van der Waals surface area contributed by atoms with Crippen molar-refractivity contribution in [2.24, 2.45) is 10.4 Å². The number of benzene rings is 2. The summed E-state index contributed by atoms with van der Waals surface area (Å²) in [5.41, 5.74) is 20.9. The van der Waals surface area contributed by atoms with E-state index >= 15 is 0 Å². The quantitative estimate of drug-likeness (QED) is 0.0799. The Morgan fingerprint density at radius 2 is 1.87 bits per heavy atom. The number of aliphatic imine (C=N–C) groups is 1. The number of anilines is 2. The van der Waals surface area contributed by atoms with Crippen LogP contribution >= 0.6 is 11.6 Å². The van der Waals surface area contributed by atoms with Gasteiger partial charge in [-0.05, 0) is 69.0 Å². The van der Waals surface area contributed by atoms with Gasteiger partial charge >= 0.3 is 0 Å². The third-order valence-corrected chi connectivity index (χ3v) is 8.93. The number of nitrogens with one attached hydrogen (secondary N) is 1. The van der Waals surface area contributed by atoms with E-state index in [0.717, 1.165) is 65.1 Å². The van der Waals surface area contributed by atoms with Crippen LogP contribution in [0.3, 0.4) is 0 Å². The van der Waals surface area contributed by atoms with Crippen LogP contribution in [-0.4, -0.2) is 87.0 Å². The van der Waals surface area contributed by atoms with Crippen molar-refractivity contribution in [3.8, 4) is 22.4 Å². The van der Waals surface area contributed by atoms with E-state index in [1.165, 1.54) is 12.3 Å². The molecular formula is C34H44ClN7O3. The van der Waals surface area contributed by atoms with Gasteiger partial charge in [-0.1, -0.05) is 24.2 Å². The van der Waals surface area contributed by atoms with E-state index in [9.17, 15) is 0 Å². The van der Waals surface area contributed by atoms with Crippen LogP contribution in [0.2, 0.25) is 5.02 Å². The van der Waals surface area contributed by atoms with Gasteiger partial charge < -0.3 is 31.3 Å². The number of carbonyl (C=O) groups is 1. The first-order chi connectivity index (χ1) is 21.6. The number of allylic oxidation sites excluding steroid dienone is 1. The van der Waals surface area contributed by atoms with Gasteiger partial charge in [-0.15, -0.1) is 0 Å². The Bertz CT molecular complexity index is 1560. The second kappa shape index (κ2) is 15.0. The summed E-state index contributed by atoms with van der Waals surface area (Å²) in [7, 11) is 3.82. The summed E-state index contributed by atoms with van der Waals surface area (Å²) >= 11 is 6.97. The predicted octanol–water partition coefficient (Wildman–Crippen LogP) is 5.37. The van der Waals surface area contributed by atoms with E-state index in [1.807, 2.05) is 31.2 Å². The Hall–Kier alpha value is -3.83. The highest BCUT2D eigenvalue weighted by Crippen LogP contribution is 2.55. The molecule has 1 saturated carbocycles. The minimum absolute atomic E-state index is 0.313. The Kier molecular flexibility index (Phi) is 11.3. The molecule has 2 aromatic carbocycles. The van der Waals surface area contributed by atoms with Crippen molar-refractivity contribution < 1.29 is 14.3 Å². The van der Waals surface area contributed by atoms with Gasteiger partial charge in [0.1, 0.15) is 12.0 Å². The van der Waals surface area contributed by atoms with Crippen LogP contribution in [0.15, 0.2) is 41.9 Å². The molecule has 11 heteroatoms. The van der Waals surface area contributed by atoms with Crippen molar-refractivity contribution in [1.82, 2.24) is 14.7 Å². The van der Waals surface area contributed by atoms with Crippen molar-refractivity contribution in [3.05, 3.63) is 64.3 Å². The standard InChI is InChI=1S/C31H40ClN7O2.C3H4O/c1-19-11-26(35)24(15-33)28(29(19)32)27-20(2)39(23-13-31(14-23)17-38(3)18-31)37-30(27)21-5-6-25(34)22(12-21)16-36-7-8-41-10-9-40-4;1-2-3-4/h5-6,11-12,15-16,23,33H,7-10,13-14,17-18,34-35H2,1-4H3;2-3H,1H2. The van der Waals surface area contributed by atoms with Gasteiger partial charge in [-0.2, -0.15) is 5.10 Å². The first-order valence-corrected chi connectivity index (χ1v) is 15.4. The lowest BCUT2D eigenvalue weighted by Gasteiger charge is -2.58. The van der Waals surface area contributed by atoms with Crippen LogP contribution in [0.25, 0.3) is 22.4 Å². The molecule has 3 aromatic rings. The predicted molar refractivity (Wildman–Crippen MR) is 184 cm³/mol. The first kappa shape index (κ1) is 34.1. The van der Waals surface area contributed by atoms with E-state index in [4.69, 9.17) is 47.8 Å². The number of nitrogens with two attached hydrogens (primary N) is 2. The number of hydrogen-bond donors (Lipinski definition) is 3. The third-order valence-electron chi connectivity index (χ3n) is 8.44. The fourth-order valence-corrected chi connectivity index (χ4v) is 6.69. The Labute approximate surface area is 270 Å². The molecule has 5 rings (SSSR count). The maximum Gasteiger partial charge on any atom is 0.142 e. The molecule has 1 aromatic heterocycles. The number of aryl methyl sites for hydroxylation is 1. The molecule has 2 fully saturated rings. The van der Waals surface area contributed by atoms with Crippen molar-refractivity contribution in [2.45, 2.75) is 32.7 Å². The monoisotopic (exact) mass is 633 g/mol. The van der Waals surface area contributed by atoms with E-state index in [0.29, 0.717) is 66.1 Å². The lowest BCUT2D eigenvalue weighted by molar-refractivity contribution is -0.104.